The van der Waals surface area contributed by atoms with Crippen molar-refractivity contribution in [2.75, 3.05) is 11.9 Å². The molecule has 0 saturated heterocycles. The quantitative estimate of drug-likeness (QED) is 0.645. The zero-order valence-corrected chi connectivity index (χ0v) is 17.2. The molecule has 1 N–H and O–H groups in total. The van der Waals surface area contributed by atoms with Crippen LogP contribution < -0.4 is 5.32 Å². The maximum atomic E-state index is 12.9. The van der Waals surface area contributed by atoms with E-state index < -0.39 is 0 Å². The molecule has 2 heterocycles. The van der Waals surface area contributed by atoms with Crippen LogP contribution in [0.5, 0.6) is 0 Å². The molecule has 1 aliphatic rings. The first kappa shape index (κ1) is 19.4. The van der Waals surface area contributed by atoms with Gasteiger partial charge in [-0.25, -0.2) is 0 Å². The van der Waals surface area contributed by atoms with Crippen molar-refractivity contribution in [3.63, 3.8) is 0 Å². The molecule has 1 aromatic heterocycles. The summed E-state index contributed by atoms with van der Waals surface area (Å²) in [5.41, 5.74) is 4.16. The summed E-state index contributed by atoms with van der Waals surface area (Å²) in [5, 5.41) is 5.00. The zero-order chi connectivity index (χ0) is 20.2. The summed E-state index contributed by atoms with van der Waals surface area (Å²) >= 11 is 1.47. The molecule has 1 unspecified atom stereocenters. The molecule has 0 saturated carbocycles. The van der Waals surface area contributed by atoms with Crippen LogP contribution in [0.15, 0.2) is 66.0 Å². The van der Waals surface area contributed by atoms with Gasteiger partial charge in [0, 0.05) is 18.8 Å². The smallest absolute Gasteiger partial charge is 0.264 e. The predicted octanol–water partition coefficient (Wildman–Crippen LogP) is 5.08. The first-order chi connectivity index (χ1) is 14.2. The largest absolute Gasteiger partial charge is 0.333 e. The first-order valence-electron chi connectivity index (χ1n) is 9.96. The molecule has 148 valence electrons. The lowest BCUT2D eigenvalue weighted by molar-refractivity contribution is -0.117. The van der Waals surface area contributed by atoms with Gasteiger partial charge in [0.25, 0.3) is 5.91 Å². The van der Waals surface area contributed by atoms with E-state index in [1.165, 1.54) is 16.9 Å². The van der Waals surface area contributed by atoms with Crippen LogP contribution in [0.25, 0.3) is 0 Å². The van der Waals surface area contributed by atoms with Crippen LogP contribution >= 0.6 is 11.3 Å². The highest BCUT2D eigenvalue weighted by Gasteiger charge is 2.23. The van der Waals surface area contributed by atoms with Crippen LogP contribution in [-0.4, -0.2) is 23.3 Å². The fourth-order valence-corrected chi connectivity index (χ4v) is 4.54. The zero-order valence-electron chi connectivity index (χ0n) is 16.4. The van der Waals surface area contributed by atoms with Crippen LogP contribution in [0.3, 0.4) is 0 Å². The average Bonchev–Trinajstić information content (AvgIpc) is 3.29. The second kappa shape index (κ2) is 8.62. The molecule has 29 heavy (non-hydrogen) atoms. The van der Waals surface area contributed by atoms with E-state index in [1.54, 1.807) is 0 Å². The van der Waals surface area contributed by atoms with E-state index in [0.717, 1.165) is 41.1 Å². The molecule has 4 nitrogen and oxygen atoms in total. The third kappa shape index (κ3) is 4.25. The Morgan fingerprint density at radius 1 is 1.07 bits per heavy atom. The maximum Gasteiger partial charge on any atom is 0.264 e. The molecule has 2 aromatic carbocycles. The van der Waals surface area contributed by atoms with E-state index in [0.29, 0.717) is 6.54 Å². The summed E-state index contributed by atoms with van der Waals surface area (Å²) in [7, 11) is 0. The highest BCUT2D eigenvalue weighted by molar-refractivity contribution is 7.12. The number of carbonyl (C=O) groups excluding carboxylic acids is 2. The number of anilines is 1. The minimum atomic E-state index is -0.177. The standard InChI is InChI=1S/C24H24N2O2S/c1-2-21(18-7-4-3-5-8-18)23(27)25-20-11-10-17-12-13-26(16-19(17)15-20)24(28)22-9-6-14-29-22/h3-11,14-15,21H,2,12-13,16H2,1H3,(H,25,27). The first-order valence-corrected chi connectivity index (χ1v) is 10.8. The van der Waals surface area contributed by atoms with Crippen molar-refractivity contribution in [3.05, 3.63) is 87.6 Å². The molecule has 1 atom stereocenters. The van der Waals surface area contributed by atoms with Crippen molar-refractivity contribution in [2.45, 2.75) is 32.2 Å². The number of nitrogens with one attached hydrogen (secondary N) is 1. The molecular weight excluding hydrogens is 380 g/mol. The molecule has 3 aromatic rings. The summed E-state index contributed by atoms with van der Waals surface area (Å²) in [4.78, 5) is 28.2. The van der Waals surface area contributed by atoms with E-state index in [1.807, 2.05) is 71.8 Å². The summed E-state index contributed by atoms with van der Waals surface area (Å²) < 4.78 is 0. The molecule has 1 aliphatic heterocycles. The lowest BCUT2D eigenvalue weighted by Gasteiger charge is -2.29. The monoisotopic (exact) mass is 404 g/mol. The molecule has 5 heteroatoms. The minimum absolute atomic E-state index is 0.000905. The molecule has 0 radical (unpaired) electrons. The average molecular weight is 405 g/mol. The molecular formula is C24H24N2O2S. The van der Waals surface area contributed by atoms with Crippen molar-refractivity contribution in [1.29, 1.82) is 0 Å². The SMILES string of the molecule is CCC(C(=O)Nc1ccc2c(c1)CN(C(=O)c1cccs1)CC2)c1ccccc1. The van der Waals surface area contributed by atoms with Gasteiger partial charge in [-0.3, -0.25) is 9.59 Å². The lowest BCUT2D eigenvalue weighted by atomic mass is 9.95. The third-order valence-corrected chi connectivity index (χ3v) is 6.29. The van der Waals surface area contributed by atoms with E-state index >= 15 is 0 Å². The van der Waals surface area contributed by atoms with Crippen molar-refractivity contribution in [2.24, 2.45) is 0 Å². The highest BCUT2D eigenvalue weighted by Crippen LogP contribution is 2.26. The lowest BCUT2D eigenvalue weighted by Crippen LogP contribution is -2.35. The third-order valence-electron chi connectivity index (χ3n) is 5.43. The number of thiophene rings is 1. The van der Waals surface area contributed by atoms with Gasteiger partial charge < -0.3 is 10.2 Å². The summed E-state index contributed by atoms with van der Waals surface area (Å²) in [6, 6.07) is 19.7. The van der Waals surface area contributed by atoms with Crippen molar-refractivity contribution in [3.8, 4) is 0 Å². The van der Waals surface area contributed by atoms with E-state index in [4.69, 9.17) is 0 Å². The maximum absolute atomic E-state index is 12.9. The van der Waals surface area contributed by atoms with Crippen LogP contribution in [0, 0.1) is 0 Å². The topological polar surface area (TPSA) is 49.4 Å². The van der Waals surface area contributed by atoms with Crippen LogP contribution in [-0.2, 0) is 17.8 Å². The van der Waals surface area contributed by atoms with Crippen LogP contribution in [0.1, 0.15) is 45.6 Å². The fourth-order valence-electron chi connectivity index (χ4n) is 3.85. The second-order valence-electron chi connectivity index (χ2n) is 7.30. The van der Waals surface area contributed by atoms with E-state index in [2.05, 4.69) is 11.4 Å². The van der Waals surface area contributed by atoms with Gasteiger partial charge in [-0.1, -0.05) is 49.4 Å². The number of fused-ring (bicyclic) bond motifs is 1. The summed E-state index contributed by atoms with van der Waals surface area (Å²) in [5.74, 6) is -0.0969. The Kier molecular flexibility index (Phi) is 5.76. The predicted molar refractivity (Wildman–Crippen MR) is 117 cm³/mol. The van der Waals surface area contributed by atoms with Gasteiger partial charge in [0.05, 0.1) is 10.8 Å². The molecule has 0 fully saturated rings. The highest BCUT2D eigenvalue weighted by atomic mass is 32.1. The molecule has 2 amide bonds. The molecule has 4 rings (SSSR count). The van der Waals surface area contributed by atoms with Gasteiger partial charge in [0.2, 0.25) is 5.91 Å². The van der Waals surface area contributed by atoms with Crippen molar-refractivity contribution < 1.29 is 9.59 Å². The normalized spacial score (nSPS) is 14.2. The van der Waals surface area contributed by atoms with Gasteiger partial charge in [0.1, 0.15) is 0 Å². The Morgan fingerprint density at radius 2 is 1.90 bits per heavy atom. The second-order valence-corrected chi connectivity index (χ2v) is 8.25. The van der Waals surface area contributed by atoms with Gasteiger partial charge in [-0.05, 0) is 53.1 Å². The van der Waals surface area contributed by atoms with Crippen molar-refractivity contribution in [1.82, 2.24) is 4.90 Å². The Labute approximate surface area is 175 Å². The number of hydrogen-bond acceptors (Lipinski definition) is 3. The Bertz CT molecular complexity index is 999. The number of hydrogen-bond donors (Lipinski definition) is 1. The van der Waals surface area contributed by atoms with E-state index in [9.17, 15) is 9.59 Å². The Morgan fingerprint density at radius 3 is 2.62 bits per heavy atom. The van der Waals surface area contributed by atoms with Gasteiger partial charge in [0.15, 0.2) is 0 Å². The van der Waals surface area contributed by atoms with E-state index in [-0.39, 0.29) is 17.7 Å². The molecule has 0 spiro atoms. The minimum Gasteiger partial charge on any atom is -0.333 e. The number of rotatable bonds is 5. The Balaban J connectivity index is 1.49. The fraction of sp³-hybridized carbons (Fsp3) is 0.250. The van der Waals surface area contributed by atoms with Gasteiger partial charge >= 0.3 is 0 Å². The number of nitrogens with zero attached hydrogens (tertiary/aromatic N) is 1. The van der Waals surface area contributed by atoms with Crippen molar-refractivity contribution >= 4 is 28.8 Å². The molecule has 0 bridgehead atoms. The van der Waals surface area contributed by atoms with Gasteiger partial charge in [-0.2, -0.15) is 0 Å². The Hall–Kier alpha value is -2.92. The number of benzene rings is 2. The number of amides is 2. The molecule has 0 aliphatic carbocycles. The van der Waals surface area contributed by atoms with Gasteiger partial charge in [-0.15, -0.1) is 11.3 Å². The summed E-state index contributed by atoms with van der Waals surface area (Å²) in [6.45, 7) is 3.32. The number of carbonyl (C=O) groups is 2. The van der Waals surface area contributed by atoms with Crippen LogP contribution in [0.4, 0.5) is 5.69 Å². The van der Waals surface area contributed by atoms with Crippen LogP contribution in [0.2, 0.25) is 0 Å². The summed E-state index contributed by atoms with van der Waals surface area (Å²) in [6.07, 6.45) is 1.58.